The Kier molecular flexibility index (Phi) is 7.61. The molecule has 0 aliphatic heterocycles. The van der Waals surface area contributed by atoms with Gasteiger partial charge in [0, 0.05) is 54.7 Å². The topological polar surface area (TPSA) is 115 Å². The number of halogens is 2. The van der Waals surface area contributed by atoms with E-state index >= 15 is 4.39 Å². The molecule has 1 saturated carbocycles. The van der Waals surface area contributed by atoms with Gasteiger partial charge < -0.3 is 20.1 Å². The first-order chi connectivity index (χ1) is 20.9. The summed E-state index contributed by atoms with van der Waals surface area (Å²) in [5.41, 5.74) is 0.929. The molecule has 0 spiro atoms. The maximum Gasteiger partial charge on any atom is 0.240 e. The van der Waals surface area contributed by atoms with Gasteiger partial charge in [0.05, 0.1) is 17.5 Å². The molecule has 5 aromatic rings. The lowest BCUT2D eigenvalue weighted by Crippen LogP contribution is -2.35. The summed E-state index contributed by atoms with van der Waals surface area (Å²) in [5.74, 6) is -1.54. The Morgan fingerprint density at radius 1 is 0.814 bits per heavy atom. The molecule has 2 amide bonds. The zero-order valence-corrected chi connectivity index (χ0v) is 22.7. The molecule has 0 unspecified atom stereocenters. The number of anilines is 2. The molecular formula is C32H25F2N5O4. The number of hydrogen-bond acceptors (Lipinski definition) is 7. The molecule has 0 atom stereocenters. The summed E-state index contributed by atoms with van der Waals surface area (Å²) in [6.07, 6.45) is 7.93. The fourth-order valence-corrected chi connectivity index (χ4v) is 4.49. The number of hydrogen-bond donors (Lipinski definition) is 2. The number of nitrogens with one attached hydrogen (secondary N) is 2. The van der Waals surface area contributed by atoms with E-state index in [1.165, 1.54) is 42.6 Å². The van der Waals surface area contributed by atoms with E-state index in [1.54, 1.807) is 30.7 Å². The second-order valence-electron chi connectivity index (χ2n) is 10.0. The van der Waals surface area contributed by atoms with Crippen molar-refractivity contribution < 1.29 is 27.8 Å². The molecule has 6 rings (SSSR count). The van der Waals surface area contributed by atoms with Crippen LogP contribution in [-0.4, -0.2) is 33.4 Å². The van der Waals surface area contributed by atoms with Crippen molar-refractivity contribution in [1.29, 1.82) is 0 Å². The van der Waals surface area contributed by atoms with Gasteiger partial charge in [-0.3, -0.25) is 19.6 Å². The molecule has 43 heavy (non-hydrogen) atoms. The Morgan fingerprint density at radius 2 is 1.53 bits per heavy atom. The van der Waals surface area contributed by atoms with E-state index in [9.17, 15) is 14.0 Å². The van der Waals surface area contributed by atoms with Gasteiger partial charge in [-0.05, 0) is 73.0 Å². The number of carbonyl (C=O) groups is 2. The second-order valence-corrected chi connectivity index (χ2v) is 10.0. The van der Waals surface area contributed by atoms with Crippen LogP contribution in [-0.2, 0) is 16.0 Å². The van der Waals surface area contributed by atoms with Gasteiger partial charge in [0.15, 0.2) is 11.6 Å². The Hall–Kier alpha value is -5.45. The van der Waals surface area contributed by atoms with Gasteiger partial charge in [-0.1, -0.05) is 0 Å². The molecule has 1 fully saturated rings. The van der Waals surface area contributed by atoms with Gasteiger partial charge in [-0.15, -0.1) is 0 Å². The van der Waals surface area contributed by atoms with E-state index in [-0.39, 0.29) is 11.4 Å². The van der Waals surface area contributed by atoms with Crippen molar-refractivity contribution >= 4 is 34.1 Å². The van der Waals surface area contributed by atoms with Crippen molar-refractivity contribution in [3.05, 3.63) is 109 Å². The Bertz CT molecular complexity index is 1800. The van der Waals surface area contributed by atoms with E-state index < -0.39 is 28.9 Å². The van der Waals surface area contributed by atoms with Crippen LogP contribution in [0.15, 0.2) is 91.5 Å². The molecule has 0 bridgehead atoms. The highest BCUT2D eigenvalue weighted by Crippen LogP contribution is 2.47. The van der Waals surface area contributed by atoms with Crippen LogP contribution < -0.4 is 20.1 Å². The molecule has 3 heterocycles. The van der Waals surface area contributed by atoms with E-state index in [0.29, 0.717) is 54.1 Å². The molecule has 1 aliphatic rings. The lowest BCUT2D eigenvalue weighted by Gasteiger charge is -2.16. The van der Waals surface area contributed by atoms with Gasteiger partial charge in [-0.25, -0.2) is 13.8 Å². The number of aromatic nitrogens is 3. The minimum Gasteiger partial charge on any atom is -0.477 e. The minimum atomic E-state index is -1.27. The number of pyridine rings is 3. The molecule has 2 N–H and O–H groups in total. The summed E-state index contributed by atoms with van der Waals surface area (Å²) >= 11 is 0. The molecule has 216 valence electrons. The predicted molar refractivity (Wildman–Crippen MR) is 155 cm³/mol. The Labute approximate surface area is 244 Å². The minimum absolute atomic E-state index is 0.0710. The average Bonchev–Trinajstić information content (AvgIpc) is 3.83. The normalized spacial score (nSPS) is 13.3. The molecule has 2 aromatic carbocycles. The van der Waals surface area contributed by atoms with Crippen LogP contribution in [0.3, 0.4) is 0 Å². The quantitative estimate of drug-likeness (QED) is 0.192. The summed E-state index contributed by atoms with van der Waals surface area (Å²) in [7, 11) is 0. The summed E-state index contributed by atoms with van der Waals surface area (Å²) < 4.78 is 39.9. The van der Waals surface area contributed by atoms with Crippen LogP contribution in [0.4, 0.5) is 20.2 Å². The van der Waals surface area contributed by atoms with Crippen LogP contribution >= 0.6 is 0 Å². The molecular weight excluding hydrogens is 556 g/mol. The van der Waals surface area contributed by atoms with Gasteiger partial charge in [0.25, 0.3) is 0 Å². The van der Waals surface area contributed by atoms with Gasteiger partial charge in [0.1, 0.15) is 17.0 Å². The van der Waals surface area contributed by atoms with Crippen LogP contribution in [0.1, 0.15) is 18.4 Å². The molecule has 11 heteroatoms. The summed E-state index contributed by atoms with van der Waals surface area (Å²) in [6.45, 7) is 0.423. The fraction of sp³-hybridized carbons (Fsp3) is 0.156. The van der Waals surface area contributed by atoms with Crippen LogP contribution in [0.25, 0.3) is 10.9 Å². The van der Waals surface area contributed by atoms with E-state index in [1.807, 2.05) is 12.1 Å². The fourth-order valence-electron chi connectivity index (χ4n) is 4.49. The van der Waals surface area contributed by atoms with E-state index in [2.05, 4.69) is 25.6 Å². The number of amides is 2. The SMILES string of the molecule is O=C(Nc1ccc(F)cc1)C1(C(=O)Nc2ccc(Oc3ccnc4cc(OCCc5ccncc5)ncc34)c(F)c2)CC1. The third-order valence-corrected chi connectivity index (χ3v) is 7.08. The standard InChI is InChI=1S/C32H25F2N5O4/c33-21-1-3-22(4-2-21)38-30(40)32(11-12-32)31(41)39-23-5-6-28(25(34)17-23)43-27-9-15-36-26-18-29(37-19-24(26)27)42-16-10-20-7-13-35-14-8-20/h1-9,13-15,17-19H,10-12,16H2,(H,38,40)(H,39,41). The number of benzene rings is 2. The number of carbonyl (C=O) groups excluding carboxylic acids is 2. The predicted octanol–water partition coefficient (Wildman–Crippen LogP) is 6.07. The first-order valence-corrected chi connectivity index (χ1v) is 13.5. The Balaban J connectivity index is 1.09. The lowest BCUT2D eigenvalue weighted by atomic mass is 10.0. The highest BCUT2D eigenvalue weighted by Gasteiger charge is 2.56. The van der Waals surface area contributed by atoms with Crippen molar-refractivity contribution in [3.63, 3.8) is 0 Å². The molecule has 0 saturated heterocycles. The van der Waals surface area contributed by atoms with Gasteiger partial charge >= 0.3 is 0 Å². The maximum absolute atomic E-state index is 15.1. The third-order valence-electron chi connectivity index (χ3n) is 7.08. The zero-order valence-electron chi connectivity index (χ0n) is 22.7. The molecule has 3 aromatic heterocycles. The summed E-state index contributed by atoms with van der Waals surface area (Å²) in [4.78, 5) is 38.5. The smallest absolute Gasteiger partial charge is 0.240 e. The molecule has 9 nitrogen and oxygen atoms in total. The number of nitrogens with zero attached hydrogens (tertiary/aromatic N) is 3. The van der Waals surface area contributed by atoms with Crippen molar-refractivity contribution in [3.8, 4) is 17.4 Å². The highest BCUT2D eigenvalue weighted by molar-refractivity contribution is 6.16. The van der Waals surface area contributed by atoms with Gasteiger partial charge in [0.2, 0.25) is 17.7 Å². The number of rotatable bonds is 10. The van der Waals surface area contributed by atoms with Crippen LogP contribution in [0.5, 0.6) is 17.4 Å². The zero-order chi connectivity index (χ0) is 29.8. The second kappa shape index (κ2) is 11.8. The average molecular weight is 582 g/mol. The van der Waals surface area contributed by atoms with Crippen LogP contribution in [0, 0.1) is 17.0 Å². The van der Waals surface area contributed by atoms with E-state index in [0.717, 1.165) is 11.6 Å². The Morgan fingerprint density at radius 3 is 2.26 bits per heavy atom. The molecule has 1 aliphatic carbocycles. The third kappa shape index (κ3) is 6.25. The highest BCUT2D eigenvalue weighted by atomic mass is 19.1. The maximum atomic E-state index is 15.1. The summed E-state index contributed by atoms with van der Waals surface area (Å²) in [6, 6.07) is 16.4. The van der Waals surface area contributed by atoms with Crippen molar-refractivity contribution in [1.82, 2.24) is 15.0 Å². The molecule has 0 radical (unpaired) electrons. The van der Waals surface area contributed by atoms with Gasteiger partial charge in [-0.2, -0.15) is 0 Å². The first kappa shape index (κ1) is 27.7. The van der Waals surface area contributed by atoms with Crippen LogP contribution in [0.2, 0.25) is 0 Å². The number of fused-ring (bicyclic) bond motifs is 1. The first-order valence-electron chi connectivity index (χ1n) is 13.5. The largest absolute Gasteiger partial charge is 0.477 e. The van der Waals surface area contributed by atoms with Crippen molar-refractivity contribution in [2.24, 2.45) is 5.41 Å². The van der Waals surface area contributed by atoms with E-state index in [4.69, 9.17) is 9.47 Å². The van der Waals surface area contributed by atoms with Crippen molar-refractivity contribution in [2.45, 2.75) is 19.3 Å². The van der Waals surface area contributed by atoms with Crippen molar-refractivity contribution in [2.75, 3.05) is 17.2 Å². The number of ether oxygens (including phenoxy) is 2. The summed E-state index contributed by atoms with van der Waals surface area (Å²) in [5, 5.41) is 5.82. The monoisotopic (exact) mass is 581 g/mol. The lowest BCUT2D eigenvalue weighted by molar-refractivity contribution is -0.131.